The highest BCUT2D eigenvalue weighted by molar-refractivity contribution is 7.11. The minimum atomic E-state index is 0.101. The Bertz CT molecular complexity index is 885. The van der Waals surface area contributed by atoms with Crippen LogP contribution in [0.4, 0.5) is 0 Å². The highest BCUT2D eigenvalue weighted by Gasteiger charge is 2.17. The van der Waals surface area contributed by atoms with Crippen LogP contribution < -0.4 is 14.8 Å². The quantitative estimate of drug-likeness (QED) is 0.558. The Hall–Kier alpha value is -2.44. The number of hydrogen-bond acceptors (Lipinski definition) is 6. The predicted octanol–water partition coefficient (Wildman–Crippen LogP) is 5.32. The molecule has 0 aliphatic rings. The second kappa shape index (κ2) is 9.17. The van der Waals surface area contributed by atoms with Crippen LogP contribution in [0.15, 0.2) is 48.8 Å². The molecule has 6 heteroatoms. The van der Waals surface area contributed by atoms with Gasteiger partial charge >= 0.3 is 0 Å². The van der Waals surface area contributed by atoms with Gasteiger partial charge < -0.3 is 14.8 Å². The van der Waals surface area contributed by atoms with Crippen LogP contribution in [-0.2, 0) is 18.5 Å². The fourth-order valence-electron chi connectivity index (χ4n) is 2.56. The number of nitrogens with one attached hydrogen (secondary N) is 1. The molecular weight excluding hydrogens is 370 g/mol. The Labute approximate surface area is 170 Å². The third-order valence-electron chi connectivity index (χ3n) is 3.98. The van der Waals surface area contributed by atoms with Crippen molar-refractivity contribution in [3.63, 3.8) is 0 Å². The average Bonchev–Trinajstić information content (AvgIpc) is 3.14. The largest absolute Gasteiger partial charge is 0.490 e. The molecule has 0 saturated carbocycles. The van der Waals surface area contributed by atoms with Gasteiger partial charge in [-0.3, -0.25) is 0 Å². The number of nitrogens with zero attached hydrogens (tertiary/aromatic N) is 2. The molecule has 3 rings (SSSR count). The van der Waals surface area contributed by atoms with Crippen LogP contribution in [0.5, 0.6) is 17.4 Å². The highest BCUT2D eigenvalue weighted by Crippen LogP contribution is 2.30. The third-order valence-corrected chi connectivity index (χ3v) is 5.41. The van der Waals surface area contributed by atoms with E-state index < -0.39 is 0 Å². The molecule has 0 spiro atoms. The number of thiazole rings is 1. The van der Waals surface area contributed by atoms with Gasteiger partial charge in [0.05, 0.1) is 11.6 Å². The molecule has 0 bridgehead atoms. The van der Waals surface area contributed by atoms with Gasteiger partial charge in [-0.2, -0.15) is 0 Å². The van der Waals surface area contributed by atoms with E-state index in [-0.39, 0.29) is 5.41 Å². The molecule has 0 saturated heterocycles. The molecule has 2 aromatic heterocycles. The summed E-state index contributed by atoms with van der Waals surface area (Å²) in [4.78, 5) is 10.2. The molecule has 1 aromatic carbocycles. The van der Waals surface area contributed by atoms with Crippen LogP contribution in [0, 0.1) is 0 Å². The predicted molar refractivity (Wildman–Crippen MR) is 113 cm³/mol. The zero-order chi connectivity index (χ0) is 20.0. The lowest BCUT2D eigenvalue weighted by Crippen LogP contribution is -2.12. The number of para-hydroxylation sites is 2. The summed E-state index contributed by atoms with van der Waals surface area (Å²) in [5.41, 5.74) is 1.20. The number of ether oxygens (including phenoxy) is 2. The monoisotopic (exact) mass is 397 g/mol. The standard InChI is InChI=1S/C22H27N3O2S/c1-5-26-18-8-6-7-9-19(18)27-20-11-10-16(13-24-20)12-23-14-17-15-25-21(28-17)22(2,3)4/h6-11,13,15,23H,5,12,14H2,1-4H3. The van der Waals surface area contributed by atoms with Gasteiger partial charge in [0.15, 0.2) is 11.5 Å². The van der Waals surface area contributed by atoms with Crippen LogP contribution in [-0.4, -0.2) is 16.6 Å². The van der Waals surface area contributed by atoms with E-state index in [0.717, 1.165) is 24.4 Å². The van der Waals surface area contributed by atoms with Crippen molar-refractivity contribution in [1.82, 2.24) is 15.3 Å². The van der Waals surface area contributed by atoms with Gasteiger partial charge in [0, 0.05) is 41.8 Å². The van der Waals surface area contributed by atoms with Gasteiger partial charge in [-0.25, -0.2) is 9.97 Å². The molecule has 0 amide bonds. The lowest BCUT2D eigenvalue weighted by Gasteiger charge is -2.13. The van der Waals surface area contributed by atoms with Gasteiger partial charge in [0.25, 0.3) is 0 Å². The molecule has 5 nitrogen and oxygen atoms in total. The maximum Gasteiger partial charge on any atom is 0.219 e. The summed E-state index contributed by atoms with van der Waals surface area (Å²) in [5.74, 6) is 1.94. The highest BCUT2D eigenvalue weighted by atomic mass is 32.1. The van der Waals surface area contributed by atoms with Crippen LogP contribution in [0.25, 0.3) is 0 Å². The first kappa shape index (κ1) is 20.3. The van der Waals surface area contributed by atoms with Crippen LogP contribution in [0.1, 0.15) is 43.1 Å². The molecule has 0 aliphatic carbocycles. The van der Waals surface area contributed by atoms with Crippen LogP contribution in [0.3, 0.4) is 0 Å². The molecule has 28 heavy (non-hydrogen) atoms. The summed E-state index contributed by atoms with van der Waals surface area (Å²) in [6, 6.07) is 11.5. The molecule has 3 aromatic rings. The van der Waals surface area contributed by atoms with Crippen molar-refractivity contribution < 1.29 is 9.47 Å². The fraction of sp³-hybridized carbons (Fsp3) is 0.364. The number of pyridine rings is 1. The summed E-state index contributed by atoms with van der Waals surface area (Å²) < 4.78 is 11.4. The van der Waals surface area contributed by atoms with E-state index in [1.54, 1.807) is 11.3 Å². The van der Waals surface area contributed by atoms with E-state index in [4.69, 9.17) is 9.47 Å². The maximum absolute atomic E-state index is 5.86. The molecule has 148 valence electrons. The Balaban J connectivity index is 1.53. The third kappa shape index (κ3) is 5.53. The molecule has 0 unspecified atom stereocenters. The van der Waals surface area contributed by atoms with E-state index in [1.807, 2.05) is 55.7 Å². The molecule has 2 heterocycles. The topological polar surface area (TPSA) is 56.3 Å². The van der Waals surface area contributed by atoms with E-state index in [0.29, 0.717) is 18.2 Å². The molecule has 0 aliphatic heterocycles. The summed E-state index contributed by atoms with van der Waals surface area (Å²) in [5, 5.41) is 4.61. The summed E-state index contributed by atoms with van der Waals surface area (Å²) >= 11 is 1.76. The first-order chi connectivity index (χ1) is 13.5. The second-order valence-corrected chi connectivity index (χ2v) is 8.59. The minimum Gasteiger partial charge on any atom is -0.490 e. The van der Waals surface area contributed by atoms with E-state index in [2.05, 4.69) is 36.1 Å². The number of hydrogen-bond donors (Lipinski definition) is 1. The average molecular weight is 398 g/mol. The van der Waals surface area contributed by atoms with Gasteiger partial charge in [0.1, 0.15) is 0 Å². The molecule has 1 N–H and O–H groups in total. The zero-order valence-corrected chi connectivity index (χ0v) is 17.7. The maximum atomic E-state index is 5.86. The van der Waals surface area contributed by atoms with Crippen molar-refractivity contribution in [2.45, 2.75) is 46.2 Å². The van der Waals surface area contributed by atoms with Gasteiger partial charge in [-0.1, -0.05) is 39.0 Å². The normalized spacial score (nSPS) is 11.4. The van der Waals surface area contributed by atoms with Crippen LogP contribution >= 0.6 is 11.3 Å². The molecule has 0 atom stereocenters. The number of aromatic nitrogens is 2. The molecular formula is C22H27N3O2S. The van der Waals surface area contributed by atoms with E-state index in [9.17, 15) is 0 Å². The second-order valence-electron chi connectivity index (χ2n) is 7.47. The minimum absolute atomic E-state index is 0.101. The summed E-state index contributed by atoms with van der Waals surface area (Å²) in [6.07, 6.45) is 3.79. The SMILES string of the molecule is CCOc1ccccc1Oc1ccc(CNCc2cnc(C(C)(C)C)s2)cn1. The Morgan fingerprint density at radius 1 is 0.964 bits per heavy atom. The van der Waals surface area contributed by atoms with Crippen LogP contribution in [0.2, 0.25) is 0 Å². The zero-order valence-electron chi connectivity index (χ0n) is 16.9. The molecule has 0 fully saturated rings. The first-order valence-corrected chi connectivity index (χ1v) is 10.3. The van der Waals surface area contributed by atoms with Crippen molar-refractivity contribution in [3.8, 4) is 17.4 Å². The lowest BCUT2D eigenvalue weighted by atomic mass is 9.98. The Morgan fingerprint density at radius 3 is 2.39 bits per heavy atom. The fourth-order valence-corrected chi connectivity index (χ4v) is 3.50. The molecule has 0 radical (unpaired) electrons. The van der Waals surface area contributed by atoms with Crippen molar-refractivity contribution in [1.29, 1.82) is 0 Å². The summed E-state index contributed by atoms with van der Waals surface area (Å²) in [7, 11) is 0. The number of benzene rings is 1. The van der Waals surface area contributed by atoms with Crippen molar-refractivity contribution >= 4 is 11.3 Å². The van der Waals surface area contributed by atoms with Crippen molar-refractivity contribution in [2.75, 3.05) is 6.61 Å². The van der Waals surface area contributed by atoms with Crippen molar-refractivity contribution in [2.24, 2.45) is 0 Å². The van der Waals surface area contributed by atoms with E-state index in [1.165, 1.54) is 9.88 Å². The first-order valence-electron chi connectivity index (χ1n) is 9.46. The Morgan fingerprint density at radius 2 is 1.75 bits per heavy atom. The van der Waals surface area contributed by atoms with Gasteiger partial charge in [-0.15, -0.1) is 11.3 Å². The lowest BCUT2D eigenvalue weighted by molar-refractivity contribution is 0.319. The van der Waals surface area contributed by atoms with E-state index >= 15 is 0 Å². The van der Waals surface area contributed by atoms with Crippen molar-refractivity contribution in [3.05, 3.63) is 64.2 Å². The smallest absolute Gasteiger partial charge is 0.219 e. The van der Waals surface area contributed by atoms with Gasteiger partial charge in [0.2, 0.25) is 5.88 Å². The van der Waals surface area contributed by atoms with Gasteiger partial charge in [-0.05, 0) is 24.6 Å². The Kier molecular flexibility index (Phi) is 6.65. The number of rotatable bonds is 8. The summed E-state index contributed by atoms with van der Waals surface area (Å²) in [6.45, 7) is 10.6.